The van der Waals surface area contributed by atoms with Gasteiger partial charge in [-0.1, -0.05) is 29.8 Å². The van der Waals surface area contributed by atoms with E-state index >= 15 is 0 Å². The topological polar surface area (TPSA) is 33.1 Å². The van der Waals surface area contributed by atoms with Crippen LogP contribution in [0.5, 0.6) is 0 Å². The minimum absolute atomic E-state index is 0.336. The molecule has 94 valence electrons. The van der Waals surface area contributed by atoms with Gasteiger partial charge in [0.15, 0.2) is 0 Å². The summed E-state index contributed by atoms with van der Waals surface area (Å²) in [5.41, 5.74) is 3.52. The summed E-state index contributed by atoms with van der Waals surface area (Å²) < 4.78 is 0. The standard InChI is InChI=1S/C15H17NOS/c1-10-5-7-11(8-6-10)9-14-16-15-12(17)3-2-4-13(15)18-14/h5-8,12,17H,2-4,9H2,1H3. The average Bonchev–Trinajstić information content (AvgIpc) is 2.76. The van der Waals surface area contributed by atoms with Crippen LogP contribution in [0.2, 0.25) is 0 Å². The molecule has 0 fully saturated rings. The van der Waals surface area contributed by atoms with E-state index in [9.17, 15) is 5.11 Å². The molecule has 0 aliphatic heterocycles. The molecule has 1 aliphatic rings. The number of aromatic nitrogens is 1. The van der Waals surface area contributed by atoms with Crippen molar-refractivity contribution in [3.05, 3.63) is 51.0 Å². The lowest BCUT2D eigenvalue weighted by atomic mass is 10.0. The maximum atomic E-state index is 9.92. The number of thiazole rings is 1. The predicted molar refractivity (Wildman–Crippen MR) is 74.0 cm³/mol. The molecule has 1 N–H and O–H groups in total. The minimum atomic E-state index is -0.336. The van der Waals surface area contributed by atoms with Gasteiger partial charge in [-0.25, -0.2) is 4.98 Å². The molecule has 1 aromatic carbocycles. The minimum Gasteiger partial charge on any atom is -0.387 e. The number of fused-ring (bicyclic) bond motifs is 1. The molecule has 0 spiro atoms. The van der Waals surface area contributed by atoms with Gasteiger partial charge < -0.3 is 5.11 Å². The van der Waals surface area contributed by atoms with Crippen molar-refractivity contribution in [3.63, 3.8) is 0 Å². The molecule has 18 heavy (non-hydrogen) atoms. The number of hydrogen-bond acceptors (Lipinski definition) is 3. The van der Waals surface area contributed by atoms with Gasteiger partial charge in [-0.05, 0) is 31.7 Å². The Morgan fingerprint density at radius 1 is 1.33 bits per heavy atom. The Kier molecular flexibility index (Phi) is 3.18. The first-order valence-corrected chi connectivity index (χ1v) is 7.26. The fourth-order valence-electron chi connectivity index (χ4n) is 2.40. The number of aryl methyl sites for hydroxylation is 2. The second-order valence-electron chi connectivity index (χ2n) is 4.99. The van der Waals surface area contributed by atoms with E-state index in [1.165, 1.54) is 16.0 Å². The van der Waals surface area contributed by atoms with Crippen LogP contribution in [0, 0.1) is 6.92 Å². The van der Waals surface area contributed by atoms with Gasteiger partial charge in [0.2, 0.25) is 0 Å². The first kappa shape index (κ1) is 11.9. The Labute approximate surface area is 111 Å². The third-order valence-corrected chi connectivity index (χ3v) is 4.58. The maximum absolute atomic E-state index is 9.92. The molecular formula is C15H17NOS. The summed E-state index contributed by atoms with van der Waals surface area (Å²) in [7, 11) is 0. The molecule has 0 radical (unpaired) electrons. The summed E-state index contributed by atoms with van der Waals surface area (Å²) in [6, 6.07) is 8.59. The Hall–Kier alpha value is -1.19. The number of aliphatic hydroxyl groups is 1. The highest BCUT2D eigenvalue weighted by atomic mass is 32.1. The van der Waals surface area contributed by atoms with Crippen LogP contribution in [0.4, 0.5) is 0 Å². The molecule has 0 saturated heterocycles. The van der Waals surface area contributed by atoms with Crippen molar-refractivity contribution in [1.29, 1.82) is 0 Å². The molecule has 0 bridgehead atoms. The molecule has 0 saturated carbocycles. The summed E-state index contributed by atoms with van der Waals surface area (Å²) in [4.78, 5) is 5.91. The Bertz CT molecular complexity index is 544. The first-order chi connectivity index (χ1) is 8.72. The molecule has 2 aromatic rings. The Balaban J connectivity index is 1.83. The number of aliphatic hydroxyl groups excluding tert-OH is 1. The summed E-state index contributed by atoms with van der Waals surface area (Å²) in [6.07, 6.45) is 3.57. The second-order valence-corrected chi connectivity index (χ2v) is 6.15. The van der Waals surface area contributed by atoms with E-state index in [-0.39, 0.29) is 6.10 Å². The van der Waals surface area contributed by atoms with Crippen molar-refractivity contribution in [2.24, 2.45) is 0 Å². The number of hydrogen-bond donors (Lipinski definition) is 1. The van der Waals surface area contributed by atoms with E-state index in [1.807, 2.05) is 0 Å². The van der Waals surface area contributed by atoms with Crippen LogP contribution in [0.25, 0.3) is 0 Å². The fraction of sp³-hybridized carbons (Fsp3) is 0.400. The zero-order valence-electron chi connectivity index (χ0n) is 10.5. The highest BCUT2D eigenvalue weighted by molar-refractivity contribution is 7.11. The van der Waals surface area contributed by atoms with Crippen LogP contribution < -0.4 is 0 Å². The molecular weight excluding hydrogens is 242 g/mol. The summed E-state index contributed by atoms with van der Waals surface area (Å²) in [5.74, 6) is 0. The van der Waals surface area contributed by atoms with E-state index in [0.717, 1.165) is 36.4 Å². The first-order valence-electron chi connectivity index (χ1n) is 6.44. The van der Waals surface area contributed by atoms with Gasteiger partial charge in [0.25, 0.3) is 0 Å². The molecule has 1 aromatic heterocycles. The monoisotopic (exact) mass is 259 g/mol. The van der Waals surface area contributed by atoms with Crippen LogP contribution in [0.15, 0.2) is 24.3 Å². The van der Waals surface area contributed by atoms with Gasteiger partial charge in [0, 0.05) is 11.3 Å². The van der Waals surface area contributed by atoms with E-state index < -0.39 is 0 Å². The van der Waals surface area contributed by atoms with Gasteiger partial charge in [-0.3, -0.25) is 0 Å². The zero-order chi connectivity index (χ0) is 12.5. The van der Waals surface area contributed by atoms with Crippen LogP contribution in [0.1, 0.15) is 45.7 Å². The lowest BCUT2D eigenvalue weighted by Crippen LogP contribution is -2.07. The number of benzene rings is 1. The summed E-state index contributed by atoms with van der Waals surface area (Å²) in [5, 5.41) is 11.1. The average molecular weight is 259 g/mol. The molecule has 3 heteroatoms. The van der Waals surface area contributed by atoms with Gasteiger partial charge in [-0.15, -0.1) is 11.3 Å². The molecule has 1 heterocycles. The van der Waals surface area contributed by atoms with Gasteiger partial charge in [0.05, 0.1) is 16.8 Å². The second kappa shape index (κ2) is 4.82. The maximum Gasteiger partial charge on any atom is 0.0976 e. The highest BCUT2D eigenvalue weighted by Crippen LogP contribution is 2.33. The largest absolute Gasteiger partial charge is 0.387 e. The zero-order valence-corrected chi connectivity index (χ0v) is 11.3. The van der Waals surface area contributed by atoms with Gasteiger partial charge >= 0.3 is 0 Å². The Morgan fingerprint density at radius 2 is 2.11 bits per heavy atom. The van der Waals surface area contributed by atoms with Crippen LogP contribution >= 0.6 is 11.3 Å². The lowest BCUT2D eigenvalue weighted by molar-refractivity contribution is 0.153. The quantitative estimate of drug-likeness (QED) is 0.896. The third-order valence-electron chi connectivity index (χ3n) is 3.44. The van der Waals surface area contributed by atoms with Crippen LogP contribution in [-0.2, 0) is 12.8 Å². The number of nitrogens with zero attached hydrogens (tertiary/aromatic N) is 1. The predicted octanol–water partition coefficient (Wildman–Crippen LogP) is 3.41. The lowest BCUT2D eigenvalue weighted by Gasteiger charge is -2.14. The smallest absolute Gasteiger partial charge is 0.0976 e. The van der Waals surface area contributed by atoms with E-state index in [0.29, 0.717) is 0 Å². The van der Waals surface area contributed by atoms with Crippen molar-refractivity contribution < 1.29 is 5.11 Å². The highest BCUT2D eigenvalue weighted by Gasteiger charge is 2.22. The Morgan fingerprint density at radius 3 is 2.83 bits per heavy atom. The third kappa shape index (κ3) is 2.33. The van der Waals surface area contributed by atoms with Gasteiger partial charge in [0.1, 0.15) is 0 Å². The van der Waals surface area contributed by atoms with Crippen molar-refractivity contribution in [3.8, 4) is 0 Å². The van der Waals surface area contributed by atoms with Crippen molar-refractivity contribution in [2.75, 3.05) is 0 Å². The molecule has 2 nitrogen and oxygen atoms in total. The van der Waals surface area contributed by atoms with Crippen molar-refractivity contribution >= 4 is 11.3 Å². The summed E-state index contributed by atoms with van der Waals surface area (Å²) >= 11 is 1.77. The normalized spacial score (nSPS) is 18.7. The molecule has 1 atom stereocenters. The SMILES string of the molecule is Cc1ccc(Cc2nc3c(s2)CCCC3O)cc1. The molecule has 1 aliphatic carbocycles. The number of rotatable bonds is 2. The van der Waals surface area contributed by atoms with E-state index in [4.69, 9.17) is 0 Å². The molecule has 0 amide bonds. The van der Waals surface area contributed by atoms with Crippen molar-refractivity contribution in [2.45, 2.75) is 38.7 Å². The van der Waals surface area contributed by atoms with Gasteiger partial charge in [-0.2, -0.15) is 0 Å². The summed E-state index contributed by atoms with van der Waals surface area (Å²) in [6.45, 7) is 2.10. The van der Waals surface area contributed by atoms with Crippen LogP contribution in [-0.4, -0.2) is 10.1 Å². The van der Waals surface area contributed by atoms with Crippen molar-refractivity contribution in [1.82, 2.24) is 4.98 Å². The molecule has 3 rings (SSSR count). The van der Waals surface area contributed by atoms with E-state index in [1.54, 1.807) is 11.3 Å². The fourth-order valence-corrected chi connectivity index (χ4v) is 3.60. The van der Waals surface area contributed by atoms with E-state index in [2.05, 4.69) is 36.2 Å². The van der Waals surface area contributed by atoms with Crippen LogP contribution in [0.3, 0.4) is 0 Å². The molecule has 1 unspecified atom stereocenters.